The van der Waals surface area contributed by atoms with Crippen LogP contribution in [-0.2, 0) is 35.2 Å². The third-order valence-corrected chi connectivity index (χ3v) is 29.5. The summed E-state index contributed by atoms with van der Waals surface area (Å²) in [7, 11) is 9.40. The van der Waals surface area contributed by atoms with Crippen LogP contribution < -0.4 is 71.6 Å². The third-order valence-electron chi connectivity index (χ3n) is 25.7. The zero-order valence-corrected chi connectivity index (χ0v) is 83.0. The van der Waals surface area contributed by atoms with Crippen molar-refractivity contribution in [1.29, 1.82) is 0 Å². The van der Waals surface area contributed by atoms with Gasteiger partial charge in [0.15, 0.2) is 45.5 Å². The van der Waals surface area contributed by atoms with E-state index in [0.717, 1.165) is 286 Å². The first kappa shape index (κ1) is 93.8. The standard InChI is InChI=1S/2C15H18BrN7.2C15H18ClN7.C15H18FN7.C14H15BrN6S/c5*1-22-8-10(6-19-22)11-7-20-23-14(17)12(16)13(21-15(11)23)9-3-2-4-18-5-9;15-11-12(17)21-13(10(5-18-21)8-2-4-22-7-8)19-14(11)20-3-1-9(16)6-20/h5*6-9,18H,2-5,17H2,1H3;2,4-5,7,9H,1,3,6,16-17H2/t;;;;;9-/m.....0/s1. The van der Waals surface area contributed by atoms with E-state index in [1.807, 2.05) is 90.2 Å². The number of nitrogens with zero attached hydrogens (tertiary/aromatic N) is 29. The van der Waals surface area contributed by atoms with Crippen LogP contribution in [0.25, 0.3) is 101 Å². The van der Waals surface area contributed by atoms with Gasteiger partial charge in [-0.25, -0.2) is 34.3 Å². The molecule has 6 fully saturated rings. The number of rotatable bonds is 12. The van der Waals surface area contributed by atoms with Gasteiger partial charge in [-0.05, 0) is 174 Å². The molecule has 18 aromatic rings. The molecule has 41 nitrogen and oxygen atoms in total. The molecule has 0 aliphatic carbocycles. The SMILES string of the molecule is Cn1cc(-c2cnn3c(N)c(Br)c(C4CCCNC4)nc23)cn1.Cn1cc(-c2cnn3c(N)c(Br)c(C4CCCNC4)nc23)cn1.Cn1cc(-c2cnn3c(N)c(Cl)c(C4CCCNC4)nc23)cn1.Cn1cc(-c2cnn3c(N)c(Cl)c(C4CCCNC4)nc23)cn1.Cn1cc(-c2cnn3c(N)c(F)c(C4CCCNC4)nc23)cn1.Nc1c(Br)c(N2CC[C@H](N)C2)nc2c(-c3ccsc3)cnn12. The average Bonchev–Trinajstić information content (AvgIpc) is 1.67. The lowest BCUT2D eigenvalue weighted by atomic mass is 9.95. The summed E-state index contributed by atoms with van der Waals surface area (Å²) >= 11 is 25.4. The highest BCUT2D eigenvalue weighted by Gasteiger charge is 2.33. The van der Waals surface area contributed by atoms with Gasteiger partial charge in [0.1, 0.15) is 49.4 Å². The van der Waals surface area contributed by atoms with Crippen molar-refractivity contribution in [3.05, 3.63) is 174 Å². The Kier molecular flexibility index (Phi) is 27.7. The number of nitrogens with two attached hydrogens (primary N) is 7. The van der Waals surface area contributed by atoms with Crippen molar-refractivity contribution in [1.82, 2.24) is 163 Å². The van der Waals surface area contributed by atoms with Gasteiger partial charge >= 0.3 is 0 Å². The summed E-state index contributed by atoms with van der Waals surface area (Å²) in [6.45, 7) is 11.2. The largest absolute Gasteiger partial charge is 0.383 e. The van der Waals surface area contributed by atoms with E-state index in [1.54, 1.807) is 107 Å². The highest BCUT2D eigenvalue weighted by atomic mass is 79.9. The maximum absolute atomic E-state index is 14.6. The van der Waals surface area contributed by atoms with Crippen LogP contribution in [0.5, 0.6) is 0 Å². The molecule has 5 unspecified atom stereocenters. The molecule has 24 rings (SSSR count). The normalized spacial score (nSPS) is 18.6. The van der Waals surface area contributed by atoms with Crippen molar-refractivity contribution in [2.45, 2.75) is 106 Å². The Balaban J connectivity index is 0.000000105. The third kappa shape index (κ3) is 19.0. The summed E-state index contributed by atoms with van der Waals surface area (Å²) in [4.78, 5) is 31.0. The molecule has 24 heterocycles. The molecule has 0 aromatic carbocycles. The number of aromatic nitrogens is 28. The van der Waals surface area contributed by atoms with Crippen LogP contribution in [0.1, 0.15) is 129 Å². The summed E-state index contributed by atoms with van der Waals surface area (Å²) in [5.74, 6) is 4.31. The molecule has 0 bridgehead atoms. The van der Waals surface area contributed by atoms with Crippen LogP contribution in [0.4, 0.5) is 45.1 Å². The van der Waals surface area contributed by atoms with Gasteiger partial charge in [0.05, 0.1) is 106 Å². The minimum absolute atomic E-state index is 0.00529. The maximum atomic E-state index is 14.6. The second kappa shape index (κ2) is 40.4. The summed E-state index contributed by atoms with van der Waals surface area (Å²) in [5.41, 5.74) is 63.1. The van der Waals surface area contributed by atoms with Crippen LogP contribution in [0.3, 0.4) is 0 Å². The van der Waals surface area contributed by atoms with Crippen LogP contribution in [0.2, 0.25) is 10.0 Å². The predicted molar refractivity (Wildman–Crippen MR) is 541 cm³/mol. The van der Waals surface area contributed by atoms with Gasteiger partial charge in [0.2, 0.25) is 0 Å². The Morgan fingerprint density at radius 1 is 0.350 bits per heavy atom. The molecule has 137 heavy (non-hydrogen) atoms. The van der Waals surface area contributed by atoms with E-state index in [1.165, 1.54) is 4.52 Å². The molecule has 0 saturated carbocycles. The minimum Gasteiger partial charge on any atom is -0.383 e. The van der Waals surface area contributed by atoms with E-state index in [0.29, 0.717) is 62.3 Å². The topological polar surface area (TPSA) is 516 Å². The zero-order chi connectivity index (χ0) is 95.1. The van der Waals surface area contributed by atoms with Gasteiger partial charge in [-0.3, -0.25) is 23.4 Å². The molecule has 0 amide bonds. The Labute approximate surface area is 824 Å². The smallest absolute Gasteiger partial charge is 0.187 e. The molecule has 48 heteroatoms. The zero-order valence-electron chi connectivity index (χ0n) is 75.9. The first-order valence-electron chi connectivity index (χ1n) is 45.4. The first-order valence-corrected chi connectivity index (χ1v) is 49.4. The fourth-order valence-corrected chi connectivity index (χ4v) is 21.3. The number of piperidine rings is 5. The highest BCUT2D eigenvalue weighted by Crippen LogP contribution is 2.43. The molecule has 18 aromatic heterocycles. The lowest BCUT2D eigenvalue weighted by Crippen LogP contribution is -2.30. The van der Waals surface area contributed by atoms with Gasteiger partial charge in [-0.2, -0.15) is 94.5 Å². The molecule has 0 radical (unpaired) electrons. The van der Waals surface area contributed by atoms with Crippen molar-refractivity contribution in [2.24, 2.45) is 41.0 Å². The Morgan fingerprint density at radius 2 is 0.635 bits per heavy atom. The predicted octanol–water partition coefficient (Wildman–Crippen LogP) is 11.2. The second-order valence-electron chi connectivity index (χ2n) is 35.1. The van der Waals surface area contributed by atoms with E-state index < -0.39 is 5.82 Å². The quantitative estimate of drug-likeness (QED) is 0.0540. The lowest BCUT2D eigenvalue weighted by Gasteiger charge is -2.23. The van der Waals surface area contributed by atoms with Gasteiger partial charge in [0.25, 0.3) is 0 Å². The maximum Gasteiger partial charge on any atom is 0.187 e. The van der Waals surface area contributed by atoms with Gasteiger partial charge in [-0.15, -0.1) is 0 Å². The van der Waals surface area contributed by atoms with Crippen LogP contribution in [0.15, 0.2) is 129 Å². The van der Waals surface area contributed by atoms with Crippen molar-refractivity contribution >= 4 is 157 Å². The number of nitrogen functional groups attached to an aromatic ring is 6. The summed E-state index contributed by atoms with van der Waals surface area (Å²) < 4.78 is 35.5. The van der Waals surface area contributed by atoms with Crippen molar-refractivity contribution in [3.8, 4) is 66.8 Å². The molecule has 0 spiro atoms. The van der Waals surface area contributed by atoms with E-state index in [4.69, 9.17) is 88.3 Å². The number of hydrogen-bond acceptors (Lipinski definition) is 31. The number of aryl methyl sites for hydroxylation is 5. The fraction of sp³-hybridized carbons (Fsp3) is 0.382. The number of hydrogen-bond donors (Lipinski definition) is 12. The van der Waals surface area contributed by atoms with Crippen molar-refractivity contribution in [2.75, 3.05) is 118 Å². The van der Waals surface area contributed by atoms with Crippen LogP contribution >= 0.6 is 82.3 Å². The number of fused-ring (bicyclic) bond motifs is 6. The summed E-state index contributed by atoms with van der Waals surface area (Å²) in [5, 5.41) is 69.2. The summed E-state index contributed by atoms with van der Waals surface area (Å²) in [6.07, 6.45) is 41.0. The molecule has 19 N–H and O–H groups in total. The lowest BCUT2D eigenvalue weighted by molar-refractivity contribution is 0.437. The molecular formula is C89H105Br3Cl2FN41S. The molecule has 6 aliphatic heterocycles. The van der Waals surface area contributed by atoms with Crippen LogP contribution in [0, 0.1) is 5.82 Å². The second-order valence-corrected chi connectivity index (χ2v) is 39.0. The Morgan fingerprint density at radius 3 is 0.927 bits per heavy atom. The highest BCUT2D eigenvalue weighted by molar-refractivity contribution is 9.11. The summed E-state index contributed by atoms with van der Waals surface area (Å²) in [6, 6.07) is 2.25. The molecule has 6 atom stereocenters. The van der Waals surface area contributed by atoms with Gasteiger partial charge in [0, 0.05) is 209 Å². The van der Waals surface area contributed by atoms with E-state index in [-0.39, 0.29) is 29.6 Å². The average molecular weight is 2110 g/mol. The van der Waals surface area contributed by atoms with Crippen LogP contribution in [-0.4, -0.2) is 221 Å². The molecule has 6 aliphatic rings. The van der Waals surface area contributed by atoms with Crippen molar-refractivity contribution < 1.29 is 4.39 Å². The van der Waals surface area contributed by atoms with Crippen molar-refractivity contribution in [3.63, 3.8) is 0 Å². The monoisotopic (exact) mass is 2110 g/mol. The minimum atomic E-state index is -0.466. The Hall–Kier alpha value is -12.2. The molecular weight excluding hydrogens is 2000 g/mol. The fourth-order valence-electron chi connectivity index (χ4n) is 18.5. The van der Waals surface area contributed by atoms with E-state index in [9.17, 15) is 4.39 Å². The van der Waals surface area contributed by atoms with Gasteiger partial charge in [-0.1, -0.05) is 23.2 Å². The Bertz CT molecular complexity index is 6530. The number of thiophene rings is 1. The van der Waals surface area contributed by atoms with Gasteiger partial charge < -0.3 is 71.6 Å². The first-order chi connectivity index (χ1) is 66.4. The molecule has 6 saturated heterocycles. The van der Waals surface area contributed by atoms with E-state index >= 15 is 0 Å². The number of halogens is 6. The number of nitrogens with one attached hydrogen (secondary N) is 5. The molecule has 714 valence electrons. The van der Waals surface area contributed by atoms with E-state index in [2.05, 4.69) is 152 Å². The number of anilines is 7.